The lowest BCUT2D eigenvalue weighted by Crippen LogP contribution is -2.55. The van der Waals surface area contributed by atoms with Crippen molar-refractivity contribution >= 4 is 11.9 Å². The first kappa shape index (κ1) is 15.0. The van der Waals surface area contributed by atoms with Crippen LogP contribution in [-0.2, 0) is 9.59 Å². The van der Waals surface area contributed by atoms with Crippen molar-refractivity contribution in [2.45, 2.75) is 51.5 Å². The molecule has 1 amide bonds. The number of carbonyl (C=O) groups excluding carboxylic acids is 1. The summed E-state index contributed by atoms with van der Waals surface area (Å²) in [6.45, 7) is 4.07. The Morgan fingerprint density at radius 2 is 1.94 bits per heavy atom. The highest BCUT2D eigenvalue weighted by Crippen LogP contribution is 2.32. The Hall–Kier alpha value is -1.10. The molecule has 0 aliphatic heterocycles. The number of amides is 1. The molecule has 2 unspecified atom stereocenters. The smallest absolute Gasteiger partial charge is 0.329 e. The summed E-state index contributed by atoms with van der Waals surface area (Å²) < 4.78 is 0. The summed E-state index contributed by atoms with van der Waals surface area (Å²) in [7, 11) is 0. The van der Waals surface area contributed by atoms with Crippen LogP contribution in [0.3, 0.4) is 0 Å². The number of hydrogen-bond acceptors (Lipinski definition) is 3. The van der Waals surface area contributed by atoms with Gasteiger partial charge in [0.1, 0.15) is 5.54 Å². The van der Waals surface area contributed by atoms with E-state index in [1.54, 1.807) is 13.8 Å². The molecule has 1 aliphatic rings. The van der Waals surface area contributed by atoms with Gasteiger partial charge in [-0.2, -0.15) is 0 Å². The van der Waals surface area contributed by atoms with Gasteiger partial charge in [0.15, 0.2) is 0 Å². The monoisotopic (exact) mass is 256 g/mol. The van der Waals surface area contributed by atoms with Crippen LogP contribution in [0, 0.1) is 11.8 Å². The Morgan fingerprint density at radius 3 is 2.39 bits per heavy atom. The standard InChI is InChI=1S/C13H24N2O3/c1-3-13(4-2,12(17)18)15-11(16)10-7-5-6-9(10)8-14/h9-10H,3-8,14H2,1-2H3,(H,15,16)(H,17,18). The van der Waals surface area contributed by atoms with Gasteiger partial charge < -0.3 is 16.2 Å². The van der Waals surface area contributed by atoms with Gasteiger partial charge in [0.05, 0.1) is 0 Å². The number of rotatable bonds is 6. The average molecular weight is 256 g/mol. The van der Waals surface area contributed by atoms with E-state index in [0.717, 1.165) is 19.3 Å². The third-order valence-electron chi connectivity index (χ3n) is 4.28. The highest BCUT2D eigenvalue weighted by atomic mass is 16.4. The quantitative estimate of drug-likeness (QED) is 0.664. The minimum absolute atomic E-state index is 0.119. The van der Waals surface area contributed by atoms with Crippen molar-refractivity contribution in [3.05, 3.63) is 0 Å². The predicted molar refractivity (Wildman–Crippen MR) is 69.0 cm³/mol. The molecule has 18 heavy (non-hydrogen) atoms. The van der Waals surface area contributed by atoms with Gasteiger partial charge in [-0.05, 0) is 38.1 Å². The second kappa shape index (κ2) is 6.18. The molecule has 0 radical (unpaired) electrons. The van der Waals surface area contributed by atoms with Crippen molar-refractivity contribution in [3.8, 4) is 0 Å². The Balaban J connectivity index is 2.75. The summed E-state index contributed by atoms with van der Waals surface area (Å²) in [6, 6.07) is 0. The number of aliphatic carboxylic acids is 1. The highest BCUT2D eigenvalue weighted by Gasteiger charge is 2.40. The molecule has 5 heteroatoms. The molecule has 5 nitrogen and oxygen atoms in total. The van der Waals surface area contributed by atoms with E-state index < -0.39 is 11.5 Å². The number of carbonyl (C=O) groups is 2. The van der Waals surface area contributed by atoms with E-state index in [1.807, 2.05) is 0 Å². The maximum Gasteiger partial charge on any atom is 0.329 e. The van der Waals surface area contributed by atoms with Crippen molar-refractivity contribution < 1.29 is 14.7 Å². The molecule has 2 atom stereocenters. The van der Waals surface area contributed by atoms with Crippen molar-refractivity contribution in [3.63, 3.8) is 0 Å². The lowest BCUT2D eigenvalue weighted by molar-refractivity contribution is -0.149. The first-order valence-electron chi connectivity index (χ1n) is 6.76. The van der Waals surface area contributed by atoms with Gasteiger partial charge in [0, 0.05) is 5.92 Å². The number of carboxylic acids is 1. The predicted octanol–water partition coefficient (Wildman–Crippen LogP) is 1.12. The normalized spacial score (nSPS) is 23.9. The summed E-state index contributed by atoms with van der Waals surface area (Å²) in [5, 5.41) is 12.0. The van der Waals surface area contributed by atoms with E-state index in [2.05, 4.69) is 5.32 Å². The summed E-state index contributed by atoms with van der Waals surface area (Å²) in [5.74, 6) is -1.02. The van der Waals surface area contributed by atoms with Crippen LogP contribution in [0.5, 0.6) is 0 Å². The van der Waals surface area contributed by atoms with Crippen LogP contribution in [0.4, 0.5) is 0 Å². The van der Waals surface area contributed by atoms with Crippen LogP contribution in [0.2, 0.25) is 0 Å². The van der Waals surface area contributed by atoms with Gasteiger partial charge in [0.25, 0.3) is 0 Å². The minimum Gasteiger partial charge on any atom is -0.480 e. The van der Waals surface area contributed by atoms with Gasteiger partial charge in [-0.15, -0.1) is 0 Å². The van der Waals surface area contributed by atoms with Gasteiger partial charge in [-0.25, -0.2) is 4.79 Å². The fourth-order valence-electron chi connectivity index (χ4n) is 2.78. The summed E-state index contributed by atoms with van der Waals surface area (Å²) in [6.07, 6.45) is 3.57. The maximum absolute atomic E-state index is 12.2. The van der Waals surface area contributed by atoms with E-state index in [9.17, 15) is 14.7 Å². The van der Waals surface area contributed by atoms with Crippen LogP contribution in [0.25, 0.3) is 0 Å². The molecule has 1 saturated carbocycles. The Labute approximate surface area is 108 Å². The Kier molecular flexibility index (Phi) is 5.14. The lowest BCUT2D eigenvalue weighted by Gasteiger charge is -2.30. The first-order chi connectivity index (χ1) is 8.50. The van der Waals surface area contributed by atoms with Crippen LogP contribution in [0.1, 0.15) is 46.0 Å². The molecule has 1 rings (SSSR count). The maximum atomic E-state index is 12.2. The number of carboxylic acid groups (broad SMARTS) is 1. The van der Waals surface area contributed by atoms with E-state index in [0.29, 0.717) is 19.4 Å². The molecule has 0 bridgehead atoms. The van der Waals surface area contributed by atoms with Crippen LogP contribution < -0.4 is 11.1 Å². The number of nitrogens with one attached hydrogen (secondary N) is 1. The van der Waals surface area contributed by atoms with Gasteiger partial charge in [-0.3, -0.25) is 4.79 Å². The SMILES string of the molecule is CCC(CC)(NC(=O)C1CCCC1CN)C(=O)O. The van der Waals surface area contributed by atoms with Gasteiger partial charge in [0.2, 0.25) is 5.91 Å². The lowest BCUT2D eigenvalue weighted by atomic mass is 9.89. The largest absolute Gasteiger partial charge is 0.480 e. The summed E-state index contributed by atoms with van der Waals surface area (Å²) in [5.41, 5.74) is 4.53. The fraction of sp³-hybridized carbons (Fsp3) is 0.846. The molecule has 1 fully saturated rings. The van der Waals surface area contributed by atoms with Gasteiger partial charge >= 0.3 is 5.97 Å². The number of nitrogens with two attached hydrogens (primary N) is 1. The third kappa shape index (κ3) is 2.83. The molecule has 0 heterocycles. The Morgan fingerprint density at radius 1 is 1.33 bits per heavy atom. The minimum atomic E-state index is -1.13. The van der Waals surface area contributed by atoms with E-state index >= 15 is 0 Å². The van der Waals surface area contributed by atoms with Crippen LogP contribution >= 0.6 is 0 Å². The molecule has 0 saturated heterocycles. The van der Waals surface area contributed by atoms with Crippen molar-refractivity contribution in [2.75, 3.05) is 6.54 Å². The molecule has 0 aromatic rings. The zero-order valence-electron chi connectivity index (χ0n) is 11.2. The second-order valence-electron chi connectivity index (χ2n) is 5.12. The second-order valence-corrected chi connectivity index (χ2v) is 5.12. The third-order valence-corrected chi connectivity index (χ3v) is 4.28. The zero-order chi connectivity index (χ0) is 13.8. The summed E-state index contributed by atoms with van der Waals surface area (Å²) in [4.78, 5) is 23.6. The van der Waals surface area contributed by atoms with Crippen LogP contribution in [0.15, 0.2) is 0 Å². The molecule has 104 valence electrons. The molecule has 1 aliphatic carbocycles. The van der Waals surface area contributed by atoms with Crippen LogP contribution in [-0.4, -0.2) is 29.1 Å². The first-order valence-corrected chi connectivity index (χ1v) is 6.76. The van der Waals surface area contributed by atoms with Gasteiger partial charge in [-0.1, -0.05) is 20.3 Å². The zero-order valence-corrected chi connectivity index (χ0v) is 11.2. The Bertz CT molecular complexity index is 313. The number of hydrogen-bond donors (Lipinski definition) is 3. The van der Waals surface area contributed by atoms with E-state index in [-0.39, 0.29) is 17.7 Å². The molecular formula is C13H24N2O3. The molecule has 4 N–H and O–H groups in total. The highest BCUT2D eigenvalue weighted by molar-refractivity contribution is 5.88. The van der Waals surface area contributed by atoms with E-state index in [4.69, 9.17) is 5.73 Å². The van der Waals surface area contributed by atoms with Crippen molar-refractivity contribution in [1.29, 1.82) is 0 Å². The van der Waals surface area contributed by atoms with Crippen molar-refractivity contribution in [2.24, 2.45) is 17.6 Å². The average Bonchev–Trinajstić information content (AvgIpc) is 2.83. The fourth-order valence-corrected chi connectivity index (χ4v) is 2.78. The topological polar surface area (TPSA) is 92.4 Å². The van der Waals surface area contributed by atoms with Crippen molar-refractivity contribution in [1.82, 2.24) is 5.32 Å². The molecular weight excluding hydrogens is 232 g/mol. The molecule has 0 spiro atoms. The summed E-state index contributed by atoms with van der Waals surface area (Å²) >= 11 is 0. The molecule has 0 aromatic carbocycles. The van der Waals surface area contributed by atoms with E-state index in [1.165, 1.54) is 0 Å². The molecule has 0 aromatic heterocycles.